The quantitative estimate of drug-likeness (QED) is 0.798. The van der Waals surface area contributed by atoms with E-state index in [1.807, 2.05) is 0 Å². The van der Waals surface area contributed by atoms with Crippen molar-refractivity contribution in [3.63, 3.8) is 0 Å². The number of hydrogen-bond acceptors (Lipinski definition) is 2. The van der Waals surface area contributed by atoms with Gasteiger partial charge in [0.2, 0.25) is 0 Å². The smallest absolute Gasteiger partial charge is 0.224 e. The van der Waals surface area contributed by atoms with Crippen LogP contribution < -0.4 is 0 Å². The average Bonchev–Trinajstić information content (AvgIpc) is 2.15. The molecule has 1 rings (SSSR count). The number of benzene rings is 1. The maximum Gasteiger partial charge on any atom is 0.402 e. The van der Waals surface area contributed by atoms with Crippen LogP contribution in [-0.4, -0.2) is 25.2 Å². The zero-order valence-electron chi connectivity index (χ0n) is 8.83. The van der Waals surface area contributed by atoms with Crippen LogP contribution in [0, 0.1) is 6.92 Å². The Hall–Kier alpha value is -0.560. The number of alkyl halides is 4. The predicted molar refractivity (Wildman–Crippen MR) is 62.0 cm³/mol. The van der Waals surface area contributed by atoms with Crippen molar-refractivity contribution in [3.05, 3.63) is 29.8 Å². The molecule has 0 saturated carbocycles. The molecule has 0 bridgehead atoms. The Balaban J connectivity index is 2.98. The van der Waals surface area contributed by atoms with Crippen molar-refractivity contribution in [2.75, 3.05) is 5.75 Å². The largest absolute Gasteiger partial charge is 0.402 e. The van der Waals surface area contributed by atoms with Gasteiger partial charge in [-0.3, -0.25) is 0 Å². The van der Waals surface area contributed by atoms with Gasteiger partial charge in [-0.25, -0.2) is 8.42 Å². The van der Waals surface area contributed by atoms with Crippen molar-refractivity contribution >= 4 is 25.8 Å². The van der Waals surface area contributed by atoms with E-state index >= 15 is 0 Å². The minimum Gasteiger partial charge on any atom is -0.224 e. The Morgan fingerprint density at radius 3 is 2.41 bits per heavy atom. The van der Waals surface area contributed by atoms with Crippen molar-refractivity contribution in [1.29, 1.82) is 0 Å². The first-order valence-electron chi connectivity index (χ1n) is 4.63. The molecule has 0 aliphatic heterocycles. The number of aryl methyl sites for hydroxylation is 1. The second-order valence-electron chi connectivity index (χ2n) is 3.61. The molecule has 0 N–H and O–H groups in total. The molecule has 7 heteroatoms. The van der Waals surface area contributed by atoms with E-state index in [0.29, 0.717) is 5.56 Å². The van der Waals surface area contributed by atoms with Gasteiger partial charge in [-0.1, -0.05) is 28.1 Å². The van der Waals surface area contributed by atoms with Gasteiger partial charge in [-0.05, 0) is 24.6 Å². The predicted octanol–water partition coefficient (Wildman–Crippen LogP) is 3.09. The van der Waals surface area contributed by atoms with Crippen LogP contribution in [0.1, 0.15) is 5.56 Å². The van der Waals surface area contributed by atoms with Gasteiger partial charge >= 0.3 is 6.18 Å². The Bertz CT molecular complexity index is 497. The van der Waals surface area contributed by atoms with Gasteiger partial charge in [0.1, 0.15) is 4.83 Å². The van der Waals surface area contributed by atoms with Crippen molar-refractivity contribution in [3.8, 4) is 0 Å². The molecule has 0 aliphatic carbocycles. The van der Waals surface area contributed by atoms with E-state index in [1.54, 1.807) is 13.0 Å². The third-order valence-corrected chi connectivity index (χ3v) is 5.09. The molecule has 0 fully saturated rings. The van der Waals surface area contributed by atoms with Crippen molar-refractivity contribution in [1.82, 2.24) is 0 Å². The molecule has 96 valence electrons. The number of rotatable bonds is 3. The van der Waals surface area contributed by atoms with Crippen LogP contribution in [0.5, 0.6) is 0 Å². The third-order valence-electron chi connectivity index (χ3n) is 2.07. The second kappa shape index (κ2) is 4.97. The lowest BCUT2D eigenvalue weighted by atomic mass is 10.2. The summed E-state index contributed by atoms with van der Waals surface area (Å²) in [6.45, 7) is 1.67. The maximum absolute atomic E-state index is 12.3. The van der Waals surface area contributed by atoms with Crippen LogP contribution in [0.3, 0.4) is 0 Å². The van der Waals surface area contributed by atoms with Gasteiger partial charge in [-0.2, -0.15) is 13.2 Å². The van der Waals surface area contributed by atoms with Crippen LogP contribution in [0.25, 0.3) is 0 Å². The molecule has 1 aromatic carbocycles. The van der Waals surface area contributed by atoms with E-state index in [0.717, 1.165) is 0 Å². The average molecular weight is 331 g/mol. The molecule has 0 spiro atoms. The fraction of sp³-hybridized carbons (Fsp3) is 0.400. The Morgan fingerprint density at radius 2 is 1.94 bits per heavy atom. The molecular weight excluding hydrogens is 321 g/mol. The standard InChI is InChI=1S/C10H10BrF3O2S/c1-7-3-2-4-8(5-7)17(15,16)6-9(11)10(12,13)14/h2-5,9H,6H2,1H3. The molecular formula is C10H10BrF3O2S. The minimum atomic E-state index is -4.57. The van der Waals surface area contributed by atoms with Crippen LogP contribution >= 0.6 is 15.9 Å². The fourth-order valence-corrected chi connectivity index (χ4v) is 3.65. The fourth-order valence-electron chi connectivity index (χ4n) is 1.19. The summed E-state index contributed by atoms with van der Waals surface area (Å²) in [7, 11) is -3.93. The molecule has 0 saturated heterocycles. The lowest BCUT2D eigenvalue weighted by molar-refractivity contribution is -0.123. The molecule has 0 heterocycles. The van der Waals surface area contributed by atoms with Gasteiger partial charge in [-0.15, -0.1) is 0 Å². The molecule has 0 aromatic heterocycles. The number of sulfone groups is 1. The SMILES string of the molecule is Cc1cccc(S(=O)(=O)CC(Br)C(F)(F)F)c1. The molecule has 0 aliphatic rings. The van der Waals surface area contributed by atoms with E-state index in [-0.39, 0.29) is 4.90 Å². The molecule has 0 radical (unpaired) electrons. The van der Waals surface area contributed by atoms with E-state index in [9.17, 15) is 21.6 Å². The molecule has 17 heavy (non-hydrogen) atoms. The summed E-state index contributed by atoms with van der Waals surface area (Å²) >= 11 is 2.35. The van der Waals surface area contributed by atoms with Crippen LogP contribution in [0.15, 0.2) is 29.2 Å². The first-order valence-corrected chi connectivity index (χ1v) is 7.20. The number of hydrogen-bond donors (Lipinski definition) is 0. The number of halogens is 4. The highest BCUT2D eigenvalue weighted by molar-refractivity contribution is 9.09. The van der Waals surface area contributed by atoms with E-state index in [2.05, 4.69) is 15.9 Å². The van der Waals surface area contributed by atoms with Crippen molar-refractivity contribution in [2.24, 2.45) is 0 Å². The van der Waals surface area contributed by atoms with E-state index in [1.165, 1.54) is 18.2 Å². The van der Waals surface area contributed by atoms with Crippen LogP contribution in [-0.2, 0) is 9.84 Å². The summed E-state index contributed by atoms with van der Waals surface area (Å²) in [5, 5.41) is 0. The molecule has 2 nitrogen and oxygen atoms in total. The third kappa shape index (κ3) is 3.99. The second-order valence-corrected chi connectivity index (χ2v) is 6.75. The molecule has 1 atom stereocenters. The van der Waals surface area contributed by atoms with Gasteiger partial charge in [0.05, 0.1) is 10.6 Å². The topological polar surface area (TPSA) is 34.1 Å². The summed E-state index contributed by atoms with van der Waals surface area (Å²) in [6, 6.07) is 5.82. The molecule has 1 unspecified atom stereocenters. The molecule has 1 aromatic rings. The summed E-state index contributed by atoms with van der Waals surface area (Å²) < 4.78 is 60.2. The van der Waals surface area contributed by atoms with Crippen LogP contribution in [0.4, 0.5) is 13.2 Å². The normalized spacial score (nSPS) is 14.6. The Labute approximate surface area is 106 Å². The van der Waals surface area contributed by atoms with Crippen molar-refractivity contribution in [2.45, 2.75) is 22.8 Å². The highest BCUT2D eigenvalue weighted by atomic mass is 79.9. The lowest BCUT2D eigenvalue weighted by Gasteiger charge is -2.14. The summed E-state index contributed by atoms with van der Waals surface area (Å²) in [6.07, 6.45) is -4.57. The first-order chi connectivity index (χ1) is 7.63. The summed E-state index contributed by atoms with van der Waals surface area (Å²) in [5.74, 6) is -1.00. The highest BCUT2D eigenvalue weighted by Crippen LogP contribution is 2.29. The van der Waals surface area contributed by atoms with Gasteiger partial charge < -0.3 is 0 Å². The van der Waals surface area contributed by atoms with Crippen LogP contribution in [0.2, 0.25) is 0 Å². The first kappa shape index (κ1) is 14.5. The summed E-state index contributed by atoms with van der Waals surface area (Å²) in [5.41, 5.74) is 0.684. The minimum absolute atomic E-state index is 0.0915. The zero-order valence-corrected chi connectivity index (χ0v) is 11.2. The Kier molecular flexibility index (Phi) is 4.24. The Morgan fingerprint density at radius 1 is 1.35 bits per heavy atom. The van der Waals surface area contributed by atoms with Gasteiger partial charge in [0, 0.05) is 0 Å². The van der Waals surface area contributed by atoms with Gasteiger partial charge in [0.25, 0.3) is 0 Å². The summed E-state index contributed by atoms with van der Waals surface area (Å²) in [4.78, 5) is -2.15. The van der Waals surface area contributed by atoms with E-state index in [4.69, 9.17) is 0 Å². The monoisotopic (exact) mass is 330 g/mol. The van der Waals surface area contributed by atoms with E-state index < -0.39 is 26.6 Å². The zero-order chi connectivity index (χ0) is 13.3. The maximum atomic E-state index is 12.3. The van der Waals surface area contributed by atoms with Crippen molar-refractivity contribution < 1.29 is 21.6 Å². The molecule has 0 amide bonds. The van der Waals surface area contributed by atoms with Gasteiger partial charge in [0.15, 0.2) is 9.84 Å². The lowest BCUT2D eigenvalue weighted by Crippen LogP contribution is -2.30. The highest BCUT2D eigenvalue weighted by Gasteiger charge is 2.40.